The third-order valence-electron chi connectivity index (χ3n) is 4.24. The van der Waals surface area contributed by atoms with Crippen molar-refractivity contribution in [3.63, 3.8) is 0 Å². The number of carbonyl (C=O) groups is 3. The Morgan fingerprint density at radius 1 is 1.25 bits per heavy atom. The van der Waals surface area contributed by atoms with Gasteiger partial charge >= 0.3 is 12.1 Å². The third-order valence-corrected chi connectivity index (χ3v) is 5.11. The first-order valence-corrected chi connectivity index (χ1v) is 10.7. The van der Waals surface area contributed by atoms with Crippen molar-refractivity contribution in [2.75, 3.05) is 11.4 Å². The molecule has 0 saturated heterocycles. The Hall–Kier alpha value is -2.95. The van der Waals surface area contributed by atoms with Crippen molar-refractivity contribution in [2.24, 2.45) is 5.92 Å². The lowest BCUT2D eigenvalue weighted by atomic mass is 10.1. The summed E-state index contributed by atoms with van der Waals surface area (Å²) in [6.45, 7) is 4.71. The molecule has 0 aliphatic heterocycles. The smallest absolute Gasteiger partial charge is 0.416 e. The molecule has 2 amide bonds. The highest BCUT2D eigenvalue weighted by Gasteiger charge is 2.31. The Morgan fingerprint density at radius 3 is 2.59 bits per heavy atom. The van der Waals surface area contributed by atoms with Crippen LogP contribution in [0.4, 0.5) is 24.0 Å². The summed E-state index contributed by atoms with van der Waals surface area (Å²) in [6, 6.07) is 4.36. The van der Waals surface area contributed by atoms with Crippen LogP contribution in [-0.4, -0.2) is 29.3 Å². The van der Waals surface area contributed by atoms with Gasteiger partial charge in [-0.2, -0.15) is 13.2 Å². The number of amides is 2. The average Bonchev–Trinajstić information content (AvgIpc) is 3.17. The number of rotatable bonds is 9. The molecule has 0 spiro atoms. The van der Waals surface area contributed by atoms with Crippen LogP contribution in [0.15, 0.2) is 29.6 Å². The fourth-order valence-corrected chi connectivity index (χ4v) is 3.47. The number of aromatic nitrogens is 1. The van der Waals surface area contributed by atoms with Crippen LogP contribution in [-0.2, 0) is 31.9 Å². The van der Waals surface area contributed by atoms with E-state index in [9.17, 15) is 27.6 Å². The summed E-state index contributed by atoms with van der Waals surface area (Å²) < 4.78 is 44.1. The van der Waals surface area contributed by atoms with Crippen LogP contribution in [0.25, 0.3) is 0 Å². The molecule has 1 N–H and O–H groups in total. The Kier molecular flexibility index (Phi) is 8.76. The van der Waals surface area contributed by atoms with Gasteiger partial charge in [-0.1, -0.05) is 19.9 Å². The van der Waals surface area contributed by atoms with Gasteiger partial charge in [0.05, 0.1) is 16.9 Å². The van der Waals surface area contributed by atoms with Crippen LogP contribution >= 0.6 is 11.3 Å². The minimum atomic E-state index is -4.55. The number of nitrogens with zero attached hydrogens (tertiary/aromatic N) is 2. The van der Waals surface area contributed by atoms with Crippen LogP contribution < -0.4 is 10.2 Å². The van der Waals surface area contributed by atoms with E-state index in [0.717, 1.165) is 28.4 Å². The number of carbonyl (C=O) groups excluding carboxylic acids is 3. The minimum Gasteiger partial charge on any atom is -0.458 e. The number of benzene rings is 1. The van der Waals surface area contributed by atoms with Crippen molar-refractivity contribution in [3.8, 4) is 0 Å². The first-order valence-electron chi connectivity index (χ1n) is 9.82. The van der Waals surface area contributed by atoms with E-state index in [2.05, 4.69) is 10.3 Å². The first-order chi connectivity index (χ1) is 15.0. The normalized spacial score (nSPS) is 11.3. The highest BCUT2D eigenvalue weighted by molar-refractivity contribution is 7.14. The second kappa shape index (κ2) is 11.1. The van der Waals surface area contributed by atoms with E-state index in [1.807, 2.05) is 13.8 Å². The lowest BCUT2D eigenvalue weighted by Gasteiger charge is -2.19. The van der Waals surface area contributed by atoms with E-state index in [-0.39, 0.29) is 29.9 Å². The molecule has 11 heteroatoms. The lowest BCUT2D eigenvalue weighted by Crippen LogP contribution is -2.30. The molecule has 2 rings (SSSR count). The molecule has 1 heterocycles. The molecule has 0 aliphatic carbocycles. The van der Waals surface area contributed by atoms with Crippen LogP contribution in [0, 0.1) is 5.92 Å². The third kappa shape index (κ3) is 7.63. The molecule has 174 valence electrons. The first kappa shape index (κ1) is 25.3. The molecule has 32 heavy (non-hydrogen) atoms. The maximum absolute atomic E-state index is 13.0. The summed E-state index contributed by atoms with van der Waals surface area (Å²) in [5, 5.41) is 4.15. The fourth-order valence-electron chi connectivity index (χ4n) is 2.60. The molecule has 7 nitrogen and oxygen atoms in total. The number of anilines is 2. The molecule has 0 aliphatic rings. The second-order valence-electron chi connectivity index (χ2n) is 7.39. The molecule has 0 unspecified atom stereocenters. The lowest BCUT2D eigenvalue weighted by molar-refractivity contribution is -0.145. The van der Waals surface area contributed by atoms with Gasteiger partial charge in [0, 0.05) is 18.7 Å². The highest BCUT2D eigenvalue weighted by atomic mass is 32.1. The quantitative estimate of drug-likeness (QED) is 0.546. The molecule has 0 saturated carbocycles. The fraction of sp³-hybridized carbons (Fsp3) is 0.429. The van der Waals surface area contributed by atoms with Crippen molar-refractivity contribution in [2.45, 2.75) is 46.4 Å². The second-order valence-corrected chi connectivity index (χ2v) is 8.23. The summed E-state index contributed by atoms with van der Waals surface area (Å²) in [7, 11) is 0. The molecule has 0 atom stereocenters. The Morgan fingerprint density at radius 2 is 1.97 bits per heavy atom. The van der Waals surface area contributed by atoms with Crippen molar-refractivity contribution in [3.05, 3.63) is 40.9 Å². The van der Waals surface area contributed by atoms with E-state index in [1.165, 1.54) is 24.4 Å². The van der Waals surface area contributed by atoms with Gasteiger partial charge in [0.15, 0.2) is 5.13 Å². The SMILES string of the molecule is CC(=O)N(c1cccc(C(F)(F)F)c1)c1nc(COC(=O)CNC(=O)CCC(C)C)cs1. The van der Waals surface area contributed by atoms with E-state index in [0.29, 0.717) is 24.5 Å². The zero-order chi connectivity index (χ0) is 23.9. The maximum atomic E-state index is 13.0. The summed E-state index contributed by atoms with van der Waals surface area (Å²) >= 11 is 1.03. The van der Waals surface area contributed by atoms with E-state index < -0.39 is 23.6 Å². The van der Waals surface area contributed by atoms with Gasteiger partial charge in [-0.05, 0) is 30.5 Å². The number of thiazole rings is 1. The van der Waals surface area contributed by atoms with Crippen molar-refractivity contribution >= 4 is 39.9 Å². The van der Waals surface area contributed by atoms with Crippen molar-refractivity contribution in [1.29, 1.82) is 0 Å². The van der Waals surface area contributed by atoms with Crippen LogP contribution in [0.1, 0.15) is 44.9 Å². The average molecular weight is 472 g/mol. The number of esters is 1. The topological polar surface area (TPSA) is 88.6 Å². The summed E-state index contributed by atoms with van der Waals surface area (Å²) in [6.07, 6.45) is -3.53. The highest BCUT2D eigenvalue weighted by Crippen LogP contribution is 2.34. The monoisotopic (exact) mass is 471 g/mol. The molecular weight excluding hydrogens is 447 g/mol. The molecule has 1 aromatic carbocycles. The molecule has 1 aromatic heterocycles. The van der Waals surface area contributed by atoms with Crippen molar-refractivity contribution < 1.29 is 32.3 Å². The van der Waals surface area contributed by atoms with Gasteiger partial charge in [0.2, 0.25) is 11.8 Å². The van der Waals surface area contributed by atoms with Crippen LogP contribution in [0.5, 0.6) is 0 Å². The predicted octanol–water partition coefficient (Wildman–Crippen LogP) is 4.44. The Bertz CT molecular complexity index is 960. The number of halogens is 3. The van der Waals surface area contributed by atoms with Gasteiger partial charge in [-0.25, -0.2) is 4.98 Å². The van der Waals surface area contributed by atoms with Crippen LogP contribution in [0.3, 0.4) is 0 Å². The zero-order valence-corrected chi connectivity index (χ0v) is 18.7. The standard InChI is InChI=1S/C21H24F3N3O4S/c1-13(2)7-8-18(29)25-10-19(30)31-11-16-12-32-20(26-16)27(14(3)28)17-6-4-5-15(9-17)21(22,23)24/h4-6,9,12-13H,7-8,10-11H2,1-3H3,(H,25,29). The number of hydrogen-bond acceptors (Lipinski definition) is 6. The number of nitrogens with one attached hydrogen (secondary N) is 1. The maximum Gasteiger partial charge on any atom is 0.416 e. The van der Waals surface area contributed by atoms with E-state index in [4.69, 9.17) is 4.74 Å². The van der Waals surface area contributed by atoms with Gasteiger partial charge in [0.25, 0.3) is 0 Å². The molecule has 0 radical (unpaired) electrons. The summed E-state index contributed by atoms with van der Waals surface area (Å²) in [4.78, 5) is 40.8. The number of alkyl halides is 3. The van der Waals surface area contributed by atoms with Crippen LogP contribution in [0.2, 0.25) is 0 Å². The largest absolute Gasteiger partial charge is 0.458 e. The molecular formula is C21H24F3N3O4S. The molecule has 2 aromatic rings. The van der Waals surface area contributed by atoms with Gasteiger partial charge in [0.1, 0.15) is 13.2 Å². The zero-order valence-electron chi connectivity index (χ0n) is 17.9. The van der Waals surface area contributed by atoms with Crippen molar-refractivity contribution in [1.82, 2.24) is 10.3 Å². The number of ether oxygens (including phenoxy) is 1. The Balaban J connectivity index is 1.99. The van der Waals surface area contributed by atoms with E-state index >= 15 is 0 Å². The van der Waals surface area contributed by atoms with Gasteiger partial charge in [-0.15, -0.1) is 11.3 Å². The van der Waals surface area contributed by atoms with Gasteiger partial charge in [-0.3, -0.25) is 19.3 Å². The molecule has 0 fully saturated rings. The predicted molar refractivity (Wildman–Crippen MR) is 113 cm³/mol. The molecule has 0 bridgehead atoms. The number of hydrogen-bond donors (Lipinski definition) is 1. The summed E-state index contributed by atoms with van der Waals surface area (Å²) in [5.74, 6) is -1.05. The summed E-state index contributed by atoms with van der Waals surface area (Å²) in [5.41, 5.74) is -0.542. The van der Waals surface area contributed by atoms with E-state index in [1.54, 1.807) is 0 Å². The Labute approximate surface area is 187 Å². The van der Waals surface area contributed by atoms with Gasteiger partial charge < -0.3 is 10.1 Å². The minimum absolute atomic E-state index is 0.0225.